The summed E-state index contributed by atoms with van der Waals surface area (Å²) in [5.74, 6) is -0.221. The van der Waals surface area contributed by atoms with Crippen LogP contribution in [0.4, 0.5) is 0 Å². The van der Waals surface area contributed by atoms with E-state index < -0.39 is 0 Å². The van der Waals surface area contributed by atoms with Crippen molar-refractivity contribution >= 4 is 23.2 Å². The highest BCUT2D eigenvalue weighted by atomic mass is 32.1. The maximum Gasteiger partial charge on any atom is 0.253 e. The van der Waals surface area contributed by atoms with Crippen molar-refractivity contribution in [2.24, 2.45) is 0 Å². The number of benzene rings is 1. The van der Waals surface area contributed by atoms with E-state index >= 15 is 0 Å². The molecular formula is C20H22N4O2S. The molecular weight excluding hydrogens is 360 g/mol. The topological polar surface area (TPSA) is 76.0 Å². The molecule has 0 saturated carbocycles. The van der Waals surface area contributed by atoms with Crippen molar-refractivity contribution in [3.63, 3.8) is 0 Å². The molecule has 0 spiro atoms. The van der Waals surface area contributed by atoms with Crippen molar-refractivity contribution in [2.45, 2.75) is 27.3 Å². The number of rotatable bonds is 6. The second kappa shape index (κ2) is 8.18. The lowest BCUT2D eigenvalue weighted by Gasteiger charge is -2.08. The van der Waals surface area contributed by atoms with Crippen molar-refractivity contribution in [1.82, 2.24) is 20.2 Å². The van der Waals surface area contributed by atoms with Crippen LogP contribution < -0.4 is 10.6 Å². The summed E-state index contributed by atoms with van der Waals surface area (Å²) >= 11 is 1.53. The van der Waals surface area contributed by atoms with Gasteiger partial charge in [-0.1, -0.05) is 12.1 Å². The lowest BCUT2D eigenvalue weighted by atomic mass is 10.1. The minimum Gasteiger partial charge on any atom is -0.352 e. The average Bonchev–Trinajstić information content (AvgIpc) is 3.28. The quantitative estimate of drug-likeness (QED) is 0.687. The van der Waals surface area contributed by atoms with Gasteiger partial charge in [0.05, 0.1) is 5.56 Å². The van der Waals surface area contributed by atoms with E-state index in [1.807, 2.05) is 48.9 Å². The Morgan fingerprint density at radius 2 is 1.85 bits per heavy atom. The van der Waals surface area contributed by atoms with E-state index in [2.05, 4.69) is 15.6 Å². The average molecular weight is 382 g/mol. The molecule has 2 N–H and O–H groups in total. The van der Waals surface area contributed by atoms with Gasteiger partial charge >= 0.3 is 0 Å². The fraction of sp³-hybridized carbons (Fsp3) is 0.250. The highest BCUT2D eigenvalue weighted by molar-refractivity contribution is 7.12. The summed E-state index contributed by atoms with van der Waals surface area (Å²) < 4.78 is 1.99. The number of carbonyl (C=O) groups excluding carboxylic acids is 2. The van der Waals surface area contributed by atoms with Crippen LogP contribution in [0.1, 0.15) is 44.6 Å². The van der Waals surface area contributed by atoms with Gasteiger partial charge in [-0.25, -0.2) is 4.98 Å². The number of thiazole rings is 1. The summed E-state index contributed by atoms with van der Waals surface area (Å²) in [6.45, 7) is 6.76. The molecule has 1 aromatic carbocycles. The molecule has 2 amide bonds. The third kappa shape index (κ3) is 4.09. The molecule has 2 heterocycles. The molecule has 0 fully saturated rings. The summed E-state index contributed by atoms with van der Waals surface area (Å²) in [7, 11) is 0. The number of aryl methyl sites for hydroxylation is 1. The Morgan fingerprint density at radius 1 is 1.11 bits per heavy atom. The zero-order chi connectivity index (χ0) is 19.4. The third-order valence-corrected chi connectivity index (χ3v) is 5.05. The molecule has 7 heteroatoms. The van der Waals surface area contributed by atoms with Crippen LogP contribution in [0.3, 0.4) is 0 Å². The minimum absolute atomic E-state index is 0.0947. The molecule has 0 radical (unpaired) electrons. The highest BCUT2D eigenvalue weighted by Gasteiger charge is 2.17. The van der Waals surface area contributed by atoms with E-state index in [0.29, 0.717) is 24.2 Å². The molecule has 0 aliphatic rings. The number of nitrogens with zero attached hydrogens (tertiary/aromatic N) is 2. The van der Waals surface area contributed by atoms with Gasteiger partial charge < -0.3 is 10.6 Å². The van der Waals surface area contributed by atoms with Gasteiger partial charge in [0, 0.05) is 41.6 Å². The van der Waals surface area contributed by atoms with Crippen molar-refractivity contribution in [1.29, 1.82) is 0 Å². The number of carbonyl (C=O) groups is 2. The van der Waals surface area contributed by atoms with Crippen LogP contribution in [0.25, 0.3) is 5.13 Å². The Labute approximate surface area is 162 Å². The molecule has 6 nitrogen and oxygen atoms in total. The number of amides is 2. The van der Waals surface area contributed by atoms with Crippen LogP contribution in [0.15, 0.2) is 41.9 Å². The molecule has 0 bridgehead atoms. The molecule has 3 aromatic rings. The van der Waals surface area contributed by atoms with Gasteiger partial charge in [-0.05, 0) is 44.5 Å². The maximum atomic E-state index is 12.6. The molecule has 0 aliphatic heterocycles. The van der Waals surface area contributed by atoms with Gasteiger partial charge in [-0.2, -0.15) is 0 Å². The normalized spacial score (nSPS) is 10.6. The Morgan fingerprint density at radius 3 is 2.48 bits per heavy atom. The molecule has 3 rings (SSSR count). The molecule has 27 heavy (non-hydrogen) atoms. The monoisotopic (exact) mass is 382 g/mol. The van der Waals surface area contributed by atoms with Gasteiger partial charge in [0.2, 0.25) is 0 Å². The summed E-state index contributed by atoms with van der Waals surface area (Å²) in [4.78, 5) is 28.7. The molecule has 0 atom stereocenters. The van der Waals surface area contributed by atoms with Crippen LogP contribution in [0, 0.1) is 13.8 Å². The zero-order valence-electron chi connectivity index (χ0n) is 15.6. The van der Waals surface area contributed by atoms with Crippen LogP contribution in [-0.2, 0) is 6.54 Å². The first kappa shape index (κ1) is 18.8. The number of nitrogens with one attached hydrogen (secondary N) is 2. The molecule has 0 aliphatic carbocycles. The first-order chi connectivity index (χ1) is 13.0. The van der Waals surface area contributed by atoms with Crippen molar-refractivity contribution in [3.05, 3.63) is 70.0 Å². The third-order valence-electron chi connectivity index (χ3n) is 4.29. The van der Waals surface area contributed by atoms with Gasteiger partial charge in [0.1, 0.15) is 0 Å². The van der Waals surface area contributed by atoms with Crippen molar-refractivity contribution in [3.8, 4) is 5.13 Å². The first-order valence-electron chi connectivity index (χ1n) is 8.75. The summed E-state index contributed by atoms with van der Waals surface area (Å²) in [6.07, 6.45) is 1.75. The Balaban J connectivity index is 1.68. The SMILES string of the molecule is CCNC(=O)c1ccc(CNC(=O)c2cc(C)n(-c3nccs3)c2C)cc1. The van der Waals surface area contributed by atoms with E-state index in [4.69, 9.17) is 0 Å². The lowest BCUT2D eigenvalue weighted by molar-refractivity contribution is 0.0943. The Bertz CT molecular complexity index is 943. The van der Waals surface area contributed by atoms with Crippen LogP contribution in [0.2, 0.25) is 0 Å². The summed E-state index contributed by atoms with van der Waals surface area (Å²) in [6, 6.07) is 9.11. The molecule has 0 unspecified atom stereocenters. The predicted octanol–water partition coefficient (Wildman–Crippen LogP) is 3.23. The molecule has 2 aromatic heterocycles. The highest BCUT2D eigenvalue weighted by Crippen LogP contribution is 2.22. The maximum absolute atomic E-state index is 12.6. The smallest absolute Gasteiger partial charge is 0.253 e. The van der Waals surface area contributed by atoms with Crippen molar-refractivity contribution in [2.75, 3.05) is 6.54 Å². The van der Waals surface area contributed by atoms with Gasteiger partial charge in [-0.15, -0.1) is 11.3 Å². The van der Waals surface area contributed by atoms with Gasteiger partial charge in [0.25, 0.3) is 11.8 Å². The van der Waals surface area contributed by atoms with Crippen molar-refractivity contribution < 1.29 is 9.59 Å². The standard InChI is InChI=1S/C20H22N4O2S/c1-4-21-18(25)16-7-5-15(6-8-16)12-23-19(26)17-11-13(2)24(14(17)3)20-22-9-10-27-20/h5-11H,4,12H2,1-3H3,(H,21,25)(H,23,26). The zero-order valence-corrected chi connectivity index (χ0v) is 16.4. The van der Waals surface area contributed by atoms with Crippen LogP contribution >= 0.6 is 11.3 Å². The summed E-state index contributed by atoms with van der Waals surface area (Å²) in [5.41, 5.74) is 4.02. The second-order valence-electron chi connectivity index (χ2n) is 6.17. The van der Waals surface area contributed by atoms with E-state index in [9.17, 15) is 9.59 Å². The number of aromatic nitrogens is 2. The molecule has 140 valence electrons. The van der Waals surface area contributed by atoms with Crippen LogP contribution in [-0.4, -0.2) is 27.9 Å². The second-order valence-corrected chi connectivity index (χ2v) is 7.05. The summed E-state index contributed by atoms with van der Waals surface area (Å²) in [5, 5.41) is 8.48. The number of hydrogen-bond acceptors (Lipinski definition) is 4. The Kier molecular flexibility index (Phi) is 5.71. The van der Waals surface area contributed by atoms with E-state index in [0.717, 1.165) is 22.1 Å². The first-order valence-corrected chi connectivity index (χ1v) is 9.63. The Hall–Kier alpha value is -2.93. The lowest BCUT2D eigenvalue weighted by Crippen LogP contribution is -2.24. The van der Waals surface area contributed by atoms with Gasteiger partial charge in [0.15, 0.2) is 5.13 Å². The van der Waals surface area contributed by atoms with E-state index in [1.54, 1.807) is 18.3 Å². The fourth-order valence-corrected chi connectivity index (χ4v) is 3.68. The van der Waals surface area contributed by atoms with Gasteiger partial charge in [-0.3, -0.25) is 14.2 Å². The predicted molar refractivity (Wildman–Crippen MR) is 107 cm³/mol. The minimum atomic E-state index is -0.126. The fourth-order valence-electron chi connectivity index (χ4n) is 2.93. The largest absolute Gasteiger partial charge is 0.352 e. The van der Waals surface area contributed by atoms with Crippen LogP contribution in [0.5, 0.6) is 0 Å². The number of hydrogen-bond donors (Lipinski definition) is 2. The molecule has 0 saturated heterocycles. The van der Waals surface area contributed by atoms with E-state index in [1.165, 1.54) is 11.3 Å². The van der Waals surface area contributed by atoms with E-state index in [-0.39, 0.29) is 11.8 Å².